The zero-order valence-electron chi connectivity index (χ0n) is 41.3. The van der Waals surface area contributed by atoms with Crippen molar-refractivity contribution in [1.82, 2.24) is 0 Å². The van der Waals surface area contributed by atoms with E-state index in [9.17, 15) is 0 Å². The average Bonchev–Trinajstić information content (AvgIpc) is 4.40. The molecule has 4 heteroatoms. The van der Waals surface area contributed by atoms with Gasteiger partial charge in [-0.2, -0.15) is 0 Å². The van der Waals surface area contributed by atoms with Crippen LogP contribution in [-0.4, -0.2) is 0 Å². The second-order valence-electron chi connectivity index (χ2n) is 20.5. The number of hydrogen-bond acceptors (Lipinski definition) is 4. The lowest BCUT2D eigenvalue weighted by atomic mass is 9.70. The zero-order chi connectivity index (χ0) is 49.5. The van der Waals surface area contributed by atoms with Gasteiger partial charge in [-0.1, -0.05) is 164 Å². The van der Waals surface area contributed by atoms with Crippen LogP contribution in [0.4, 0.5) is 34.1 Å². The van der Waals surface area contributed by atoms with Crippen molar-refractivity contribution in [2.45, 2.75) is 19.3 Å². The third-order valence-corrected chi connectivity index (χ3v) is 16.3. The van der Waals surface area contributed by atoms with E-state index in [1.54, 1.807) is 0 Å². The van der Waals surface area contributed by atoms with Crippen molar-refractivity contribution in [1.29, 1.82) is 0 Å². The molecule has 0 N–H and O–H groups in total. The summed E-state index contributed by atoms with van der Waals surface area (Å²) in [6.45, 7) is 4.34. The maximum absolute atomic E-state index is 6.90. The largest absolute Gasteiger partial charge is 0.454 e. The van der Waals surface area contributed by atoms with Crippen molar-refractivity contribution in [3.05, 3.63) is 276 Å². The van der Waals surface area contributed by atoms with Gasteiger partial charge in [0.25, 0.3) is 0 Å². The first-order valence-corrected chi connectivity index (χ1v) is 25.9. The fourth-order valence-corrected chi connectivity index (χ4v) is 13.2. The van der Waals surface area contributed by atoms with Gasteiger partial charge < -0.3 is 18.6 Å². The smallest absolute Gasteiger partial charge is 0.159 e. The van der Waals surface area contributed by atoms with Crippen LogP contribution in [0.2, 0.25) is 0 Å². The van der Waals surface area contributed by atoms with Crippen LogP contribution in [0.25, 0.3) is 87.7 Å². The van der Waals surface area contributed by atoms with Gasteiger partial charge in [0.1, 0.15) is 11.2 Å². The molecule has 14 aromatic rings. The Labute approximate surface area is 433 Å². The van der Waals surface area contributed by atoms with Crippen LogP contribution >= 0.6 is 0 Å². The van der Waals surface area contributed by atoms with Gasteiger partial charge in [0, 0.05) is 44.0 Å². The Morgan fingerprint density at radius 2 is 0.813 bits per heavy atom. The molecule has 0 bridgehead atoms. The fraction of sp³-hybridized carbons (Fsp3) is 0.0423. The summed E-state index contributed by atoms with van der Waals surface area (Å²) >= 11 is 0. The maximum Gasteiger partial charge on any atom is 0.159 e. The number of rotatable bonds is 6. The summed E-state index contributed by atoms with van der Waals surface area (Å²) in [7, 11) is 0. The lowest BCUT2D eigenvalue weighted by Crippen LogP contribution is -2.26. The van der Waals surface area contributed by atoms with Crippen molar-refractivity contribution in [3.63, 3.8) is 0 Å². The first-order chi connectivity index (χ1) is 37.0. The van der Waals surface area contributed by atoms with Crippen LogP contribution in [-0.2, 0) is 5.41 Å². The molecule has 352 valence electrons. The quantitative estimate of drug-likeness (QED) is 0.166. The Balaban J connectivity index is 0.990. The van der Waals surface area contributed by atoms with Crippen LogP contribution in [0.3, 0.4) is 0 Å². The molecule has 0 radical (unpaired) electrons. The minimum Gasteiger partial charge on any atom is -0.454 e. The van der Waals surface area contributed by atoms with Gasteiger partial charge in [-0.15, -0.1) is 0 Å². The van der Waals surface area contributed by atoms with E-state index in [-0.39, 0.29) is 0 Å². The van der Waals surface area contributed by atoms with E-state index in [1.165, 1.54) is 66.4 Å². The highest BCUT2D eigenvalue weighted by molar-refractivity contribution is 6.16. The normalized spacial score (nSPS) is 13.0. The molecule has 2 aliphatic rings. The number of fused-ring (bicyclic) bond motifs is 19. The summed E-state index contributed by atoms with van der Waals surface area (Å²) in [6, 6.07) is 89.3. The number of para-hydroxylation sites is 4. The van der Waals surface area contributed by atoms with Crippen LogP contribution in [0.5, 0.6) is 0 Å². The Morgan fingerprint density at radius 1 is 0.307 bits per heavy atom. The highest BCUT2D eigenvalue weighted by Gasteiger charge is 2.52. The summed E-state index contributed by atoms with van der Waals surface area (Å²) in [6.07, 6.45) is 0. The SMILES string of the molecule is Cc1cccc(N(c2ccc3cc4c(cc3c2)C2(c3ccccc3-c3ccccc32)c2cc(N(c3cccc(C)c3)c3cccc5c3oc3ccccc35)c3ccccc3c2-4)c2cccc3c2oc2ccccc23)c1. The number of anilines is 6. The minimum absolute atomic E-state index is 0.652. The Bertz CT molecular complexity index is 4680. The molecule has 0 aliphatic heterocycles. The number of aryl methyl sites for hydroxylation is 2. The molecule has 0 saturated heterocycles. The summed E-state index contributed by atoms with van der Waals surface area (Å²) in [4.78, 5) is 4.83. The highest BCUT2D eigenvalue weighted by Crippen LogP contribution is 2.65. The number of hydrogen-bond donors (Lipinski definition) is 0. The first-order valence-electron chi connectivity index (χ1n) is 25.9. The van der Waals surface area contributed by atoms with Gasteiger partial charge in [0.15, 0.2) is 11.2 Å². The van der Waals surface area contributed by atoms with Crippen LogP contribution in [0.15, 0.2) is 251 Å². The van der Waals surface area contributed by atoms with E-state index in [0.29, 0.717) is 0 Å². The standard InChI is InChI=1S/C71H46N2O2/c1-43-17-13-19-47(37-43)72(63-31-15-27-56-53-24-7-11-33-66(53)74-69(56)63)49-36-35-45-40-58-61(41-46(45)39-49)71(59-29-9-5-21-50(59)51-22-6-10-30-60(51)71)62-42-65(52-23-3-4-26-55(52)68(58)62)73(48-20-14-18-44(2)38-48)64-32-16-28-57-54-25-8-12-34-67(54)75-70(57)64/h3-42H,1-2H3. The van der Waals surface area contributed by atoms with Gasteiger partial charge in [0.05, 0.1) is 22.5 Å². The predicted molar refractivity (Wildman–Crippen MR) is 311 cm³/mol. The zero-order valence-corrected chi connectivity index (χ0v) is 41.3. The molecule has 75 heavy (non-hydrogen) atoms. The topological polar surface area (TPSA) is 32.8 Å². The Hall–Kier alpha value is -9.64. The fourth-order valence-electron chi connectivity index (χ4n) is 13.2. The molecule has 0 unspecified atom stereocenters. The van der Waals surface area contributed by atoms with Crippen molar-refractivity contribution >= 4 is 99.5 Å². The monoisotopic (exact) mass is 958 g/mol. The molecule has 2 aromatic heterocycles. The van der Waals surface area contributed by atoms with Crippen molar-refractivity contribution in [2.24, 2.45) is 0 Å². The van der Waals surface area contributed by atoms with Crippen molar-refractivity contribution in [2.75, 3.05) is 9.80 Å². The van der Waals surface area contributed by atoms with Crippen molar-refractivity contribution in [3.8, 4) is 22.3 Å². The van der Waals surface area contributed by atoms with Gasteiger partial charge in [-0.05, 0) is 165 Å². The van der Waals surface area contributed by atoms with Gasteiger partial charge in [-0.3, -0.25) is 0 Å². The number of nitrogens with zero attached hydrogens (tertiary/aromatic N) is 2. The molecule has 0 amide bonds. The summed E-state index contributed by atoms with van der Waals surface area (Å²) in [5, 5.41) is 9.12. The molecule has 0 saturated carbocycles. The van der Waals surface area contributed by atoms with Gasteiger partial charge in [-0.25, -0.2) is 0 Å². The maximum atomic E-state index is 6.90. The summed E-state index contributed by atoms with van der Waals surface area (Å²) < 4.78 is 13.7. The molecule has 0 atom stereocenters. The third kappa shape index (κ3) is 5.88. The molecule has 12 aromatic carbocycles. The van der Waals surface area contributed by atoms with E-state index >= 15 is 0 Å². The first kappa shape index (κ1) is 41.9. The van der Waals surface area contributed by atoms with Gasteiger partial charge >= 0.3 is 0 Å². The van der Waals surface area contributed by atoms with E-state index in [4.69, 9.17) is 8.83 Å². The lowest BCUT2D eigenvalue weighted by Gasteiger charge is -2.33. The third-order valence-electron chi connectivity index (χ3n) is 16.3. The van der Waals surface area contributed by atoms with E-state index in [2.05, 4.69) is 260 Å². The van der Waals surface area contributed by atoms with Gasteiger partial charge in [0.2, 0.25) is 0 Å². The second kappa shape index (κ2) is 15.7. The Kier molecular flexibility index (Phi) is 8.77. The number of furan rings is 2. The molecular weight excluding hydrogens is 913 g/mol. The summed E-state index contributed by atoms with van der Waals surface area (Å²) in [5.41, 5.74) is 21.7. The molecule has 1 spiro atoms. The molecule has 16 rings (SSSR count). The van der Waals surface area contributed by atoms with Crippen molar-refractivity contribution < 1.29 is 8.83 Å². The number of benzene rings is 12. The van der Waals surface area contributed by atoms with Crippen LogP contribution in [0.1, 0.15) is 33.4 Å². The van der Waals surface area contributed by atoms with E-state index < -0.39 is 5.41 Å². The average molecular weight is 959 g/mol. The van der Waals surface area contributed by atoms with Crippen LogP contribution in [0, 0.1) is 13.8 Å². The van der Waals surface area contributed by atoms with E-state index in [1.807, 2.05) is 6.07 Å². The molecular formula is C71H46N2O2. The lowest BCUT2D eigenvalue weighted by molar-refractivity contribution is 0.668. The predicted octanol–water partition coefficient (Wildman–Crippen LogP) is 19.7. The molecule has 0 fully saturated rings. The minimum atomic E-state index is -0.652. The van der Waals surface area contributed by atoms with Crippen LogP contribution < -0.4 is 9.80 Å². The molecule has 2 heterocycles. The van der Waals surface area contributed by atoms with E-state index in [0.717, 1.165) is 88.8 Å². The highest BCUT2D eigenvalue weighted by atomic mass is 16.3. The molecule has 4 nitrogen and oxygen atoms in total. The Morgan fingerprint density at radius 3 is 1.44 bits per heavy atom. The molecule has 2 aliphatic carbocycles. The second-order valence-corrected chi connectivity index (χ2v) is 20.5. The summed E-state index contributed by atoms with van der Waals surface area (Å²) in [5.74, 6) is 0.